The van der Waals surface area contributed by atoms with Gasteiger partial charge in [0.25, 0.3) is 0 Å². The fourth-order valence-electron chi connectivity index (χ4n) is 1.66. The van der Waals surface area contributed by atoms with Gasteiger partial charge >= 0.3 is 5.97 Å². The molecule has 0 aliphatic rings. The first-order valence-corrected chi connectivity index (χ1v) is 4.80. The minimum Gasteiger partial charge on any atom is -0.465 e. The number of rotatable bonds is 2. The molecule has 0 unspecified atom stereocenters. The molecule has 0 amide bonds. The van der Waals surface area contributed by atoms with Crippen LogP contribution in [0.3, 0.4) is 0 Å². The van der Waals surface area contributed by atoms with Crippen LogP contribution in [-0.2, 0) is 11.3 Å². The predicted molar refractivity (Wildman–Crippen MR) is 56.7 cm³/mol. The lowest BCUT2D eigenvalue weighted by Crippen LogP contribution is -2.05. The van der Waals surface area contributed by atoms with Gasteiger partial charge in [0, 0.05) is 11.9 Å². The van der Waals surface area contributed by atoms with E-state index >= 15 is 0 Å². The van der Waals surface area contributed by atoms with Gasteiger partial charge in [-0.15, -0.1) is 0 Å². The van der Waals surface area contributed by atoms with Crippen molar-refractivity contribution in [2.24, 2.45) is 0 Å². The summed E-state index contributed by atoms with van der Waals surface area (Å²) in [7, 11) is 1.38. The number of fused-ring (bicyclic) bond motifs is 1. The second-order valence-corrected chi connectivity index (χ2v) is 3.20. The molecule has 4 heteroatoms. The lowest BCUT2D eigenvalue weighted by molar-refractivity contribution is 0.0602. The summed E-state index contributed by atoms with van der Waals surface area (Å²) in [6, 6.07) is 5.51. The summed E-state index contributed by atoms with van der Waals surface area (Å²) in [5.41, 5.74) is 1.40. The number of carbonyl (C=O) groups excluding carboxylic acids is 1. The van der Waals surface area contributed by atoms with Crippen molar-refractivity contribution in [3.63, 3.8) is 0 Å². The van der Waals surface area contributed by atoms with Crippen LogP contribution in [-0.4, -0.2) is 22.9 Å². The summed E-state index contributed by atoms with van der Waals surface area (Å²) in [5.74, 6) is -0.323. The first-order chi connectivity index (χ1) is 7.27. The highest BCUT2D eigenvalue weighted by atomic mass is 16.5. The van der Waals surface area contributed by atoms with E-state index in [-0.39, 0.29) is 5.97 Å². The van der Waals surface area contributed by atoms with Crippen molar-refractivity contribution < 1.29 is 9.53 Å². The van der Waals surface area contributed by atoms with Gasteiger partial charge < -0.3 is 4.74 Å². The van der Waals surface area contributed by atoms with Crippen molar-refractivity contribution in [3.05, 3.63) is 30.0 Å². The van der Waals surface area contributed by atoms with Gasteiger partial charge in [0.2, 0.25) is 0 Å². The average molecular weight is 204 g/mol. The quantitative estimate of drug-likeness (QED) is 0.701. The molecule has 0 aliphatic carbocycles. The highest BCUT2D eigenvalue weighted by molar-refractivity contribution is 6.02. The van der Waals surface area contributed by atoms with Crippen molar-refractivity contribution in [2.75, 3.05) is 7.11 Å². The second-order valence-electron chi connectivity index (χ2n) is 3.20. The van der Waals surface area contributed by atoms with Crippen molar-refractivity contribution in [2.45, 2.75) is 13.5 Å². The number of carbonyl (C=O) groups is 1. The van der Waals surface area contributed by atoms with Crippen LogP contribution in [0.25, 0.3) is 10.9 Å². The van der Waals surface area contributed by atoms with E-state index in [1.54, 1.807) is 16.9 Å². The molecular formula is C11H12N2O2. The van der Waals surface area contributed by atoms with E-state index in [0.717, 1.165) is 17.4 Å². The normalized spacial score (nSPS) is 10.5. The Morgan fingerprint density at radius 3 is 3.00 bits per heavy atom. The Labute approximate surface area is 87.5 Å². The Hall–Kier alpha value is -1.84. The monoisotopic (exact) mass is 204 g/mol. The fraction of sp³-hybridized carbons (Fsp3) is 0.273. The zero-order chi connectivity index (χ0) is 10.8. The summed E-state index contributed by atoms with van der Waals surface area (Å²) >= 11 is 0. The number of hydrogen-bond donors (Lipinski definition) is 0. The van der Waals surface area contributed by atoms with E-state index in [4.69, 9.17) is 4.74 Å². The molecule has 4 nitrogen and oxygen atoms in total. The van der Waals surface area contributed by atoms with Crippen LogP contribution in [0.5, 0.6) is 0 Å². The zero-order valence-corrected chi connectivity index (χ0v) is 8.73. The molecule has 78 valence electrons. The van der Waals surface area contributed by atoms with Crippen molar-refractivity contribution in [3.8, 4) is 0 Å². The SMILES string of the molecule is CCn1ncc2cccc(C(=O)OC)c21. The molecular weight excluding hydrogens is 192 g/mol. The molecule has 1 heterocycles. The fourth-order valence-corrected chi connectivity index (χ4v) is 1.66. The molecule has 0 radical (unpaired) electrons. The van der Waals surface area contributed by atoms with E-state index < -0.39 is 0 Å². The number of aryl methyl sites for hydroxylation is 1. The number of esters is 1. The van der Waals surface area contributed by atoms with Gasteiger partial charge in [-0.1, -0.05) is 12.1 Å². The van der Waals surface area contributed by atoms with Crippen molar-refractivity contribution in [1.82, 2.24) is 9.78 Å². The number of aromatic nitrogens is 2. The number of benzene rings is 1. The highest BCUT2D eigenvalue weighted by Crippen LogP contribution is 2.19. The standard InChI is InChI=1S/C11H12N2O2/c1-3-13-10-8(7-12-13)5-4-6-9(10)11(14)15-2/h4-7H,3H2,1-2H3. The lowest BCUT2D eigenvalue weighted by Gasteiger charge is -2.04. The van der Waals surface area contributed by atoms with Crippen LogP contribution in [0.2, 0.25) is 0 Å². The molecule has 0 saturated carbocycles. The van der Waals surface area contributed by atoms with E-state index in [9.17, 15) is 4.79 Å². The van der Waals surface area contributed by atoms with Gasteiger partial charge in [-0.3, -0.25) is 4.68 Å². The topological polar surface area (TPSA) is 44.1 Å². The minimum atomic E-state index is -0.323. The summed E-state index contributed by atoms with van der Waals surface area (Å²) in [4.78, 5) is 11.5. The third kappa shape index (κ3) is 1.48. The molecule has 0 atom stereocenters. The number of para-hydroxylation sites is 1. The summed E-state index contributed by atoms with van der Waals surface area (Å²) in [5, 5.41) is 5.16. The Morgan fingerprint density at radius 1 is 1.53 bits per heavy atom. The smallest absolute Gasteiger partial charge is 0.340 e. The van der Waals surface area contributed by atoms with Crippen LogP contribution in [0, 0.1) is 0 Å². The second kappa shape index (κ2) is 3.73. The molecule has 15 heavy (non-hydrogen) atoms. The third-order valence-electron chi connectivity index (χ3n) is 2.37. The maximum Gasteiger partial charge on any atom is 0.340 e. The molecule has 0 N–H and O–H groups in total. The predicted octanol–water partition coefficient (Wildman–Crippen LogP) is 1.84. The van der Waals surface area contributed by atoms with Crippen LogP contribution in [0.1, 0.15) is 17.3 Å². The van der Waals surface area contributed by atoms with Crippen LogP contribution in [0.4, 0.5) is 0 Å². The highest BCUT2D eigenvalue weighted by Gasteiger charge is 2.13. The van der Waals surface area contributed by atoms with Crippen molar-refractivity contribution in [1.29, 1.82) is 0 Å². The maximum atomic E-state index is 11.5. The molecule has 1 aromatic carbocycles. The van der Waals surface area contributed by atoms with Gasteiger partial charge in [-0.25, -0.2) is 4.79 Å². The molecule has 0 bridgehead atoms. The van der Waals surface area contributed by atoms with E-state index in [2.05, 4.69) is 5.10 Å². The molecule has 0 saturated heterocycles. The van der Waals surface area contributed by atoms with Gasteiger partial charge in [-0.2, -0.15) is 5.10 Å². The van der Waals surface area contributed by atoms with Gasteiger partial charge in [0.05, 0.1) is 24.4 Å². The number of methoxy groups -OCH3 is 1. The molecule has 0 fully saturated rings. The Balaban J connectivity index is 2.72. The lowest BCUT2D eigenvalue weighted by atomic mass is 10.1. The maximum absolute atomic E-state index is 11.5. The Morgan fingerprint density at radius 2 is 2.33 bits per heavy atom. The Bertz CT molecular complexity index is 502. The summed E-state index contributed by atoms with van der Waals surface area (Å²) in [6.45, 7) is 2.72. The average Bonchev–Trinajstić information content (AvgIpc) is 2.70. The first kappa shape index (κ1) is 9.71. The van der Waals surface area contributed by atoms with Crippen LogP contribution < -0.4 is 0 Å². The number of ether oxygens (including phenoxy) is 1. The van der Waals surface area contributed by atoms with Gasteiger partial charge in [-0.05, 0) is 13.0 Å². The minimum absolute atomic E-state index is 0.323. The molecule has 2 aromatic rings. The van der Waals surface area contributed by atoms with Crippen LogP contribution >= 0.6 is 0 Å². The Kier molecular flexibility index (Phi) is 2.41. The van der Waals surface area contributed by atoms with Crippen molar-refractivity contribution >= 4 is 16.9 Å². The number of nitrogens with zero attached hydrogens (tertiary/aromatic N) is 2. The van der Waals surface area contributed by atoms with Gasteiger partial charge in [0.1, 0.15) is 0 Å². The molecule has 2 rings (SSSR count). The van der Waals surface area contributed by atoms with Gasteiger partial charge in [0.15, 0.2) is 0 Å². The van der Waals surface area contributed by atoms with E-state index in [1.165, 1.54) is 7.11 Å². The largest absolute Gasteiger partial charge is 0.465 e. The molecule has 1 aromatic heterocycles. The summed E-state index contributed by atoms with van der Waals surface area (Å²) in [6.07, 6.45) is 1.76. The van der Waals surface area contributed by atoms with E-state index in [1.807, 2.05) is 19.1 Å². The third-order valence-corrected chi connectivity index (χ3v) is 2.37. The molecule has 0 aliphatic heterocycles. The first-order valence-electron chi connectivity index (χ1n) is 4.80. The molecule has 0 spiro atoms. The number of hydrogen-bond acceptors (Lipinski definition) is 3. The summed E-state index contributed by atoms with van der Waals surface area (Å²) < 4.78 is 6.53. The van der Waals surface area contributed by atoms with Crippen LogP contribution in [0.15, 0.2) is 24.4 Å². The zero-order valence-electron chi connectivity index (χ0n) is 8.73. The van der Waals surface area contributed by atoms with E-state index in [0.29, 0.717) is 5.56 Å².